The van der Waals surface area contributed by atoms with Crippen LogP contribution in [0.25, 0.3) is 0 Å². The third-order valence-electron chi connectivity index (χ3n) is 2.20. The number of benzene rings is 1. The van der Waals surface area contributed by atoms with E-state index >= 15 is 0 Å². The summed E-state index contributed by atoms with van der Waals surface area (Å²) < 4.78 is 34.9. The highest BCUT2D eigenvalue weighted by atomic mass is 19.3. The van der Waals surface area contributed by atoms with Crippen LogP contribution < -0.4 is 4.74 Å². The lowest BCUT2D eigenvalue weighted by Gasteiger charge is -2.11. The number of alkyl halides is 2. The van der Waals surface area contributed by atoms with E-state index in [9.17, 15) is 18.4 Å². The molecule has 98 valence electrons. The summed E-state index contributed by atoms with van der Waals surface area (Å²) in [5.74, 6) is -2.39. The maximum Gasteiger partial charge on any atom is 0.379 e. The third kappa shape index (κ3) is 2.82. The van der Waals surface area contributed by atoms with Gasteiger partial charge in [0.05, 0.1) is 19.3 Å². The molecule has 6 heteroatoms. The number of carbonyl (C=O) groups excluding carboxylic acids is 2. The SMILES string of the molecule is CCOC(=O)C(=O)c1c(OC)cccc1C(F)F. The number of hydrogen-bond donors (Lipinski definition) is 0. The minimum absolute atomic E-state index is 0.0102. The van der Waals surface area contributed by atoms with Gasteiger partial charge in [0.25, 0.3) is 12.2 Å². The molecule has 0 aliphatic rings. The number of ether oxygens (including phenoxy) is 2. The van der Waals surface area contributed by atoms with Gasteiger partial charge in [-0.15, -0.1) is 0 Å². The molecule has 0 N–H and O–H groups in total. The molecule has 0 amide bonds. The van der Waals surface area contributed by atoms with Crippen molar-refractivity contribution in [2.24, 2.45) is 0 Å². The van der Waals surface area contributed by atoms with Crippen LogP contribution in [-0.2, 0) is 9.53 Å². The number of Topliss-reactive ketones (excluding diaryl/α,β-unsaturated/α-hetero) is 1. The van der Waals surface area contributed by atoms with Crippen molar-refractivity contribution in [3.8, 4) is 5.75 Å². The van der Waals surface area contributed by atoms with Gasteiger partial charge < -0.3 is 9.47 Å². The molecule has 18 heavy (non-hydrogen) atoms. The summed E-state index contributed by atoms with van der Waals surface area (Å²) in [6.45, 7) is 1.51. The normalized spacial score (nSPS) is 10.3. The van der Waals surface area contributed by atoms with Crippen molar-refractivity contribution >= 4 is 11.8 Å². The Hall–Kier alpha value is -1.98. The minimum atomic E-state index is -2.88. The summed E-state index contributed by atoms with van der Waals surface area (Å²) in [5, 5.41) is 0. The summed E-state index contributed by atoms with van der Waals surface area (Å²) in [7, 11) is 1.23. The van der Waals surface area contributed by atoms with E-state index in [0.29, 0.717) is 0 Å². The first-order chi connectivity index (χ1) is 8.52. The third-order valence-corrected chi connectivity index (χ3v) is 2.20. The fourth-order valence-electron chi connectivity index (χ4n) is 1.44. The van der Waals surface area contributed by atoms with Gasteiger partial charge in [-0.3, -0.25) is 4.79 Å². The Labute approximate surface area is 103 Å². The highest BCUT2D eigenvalue weighted by Crippen LogP contribution is 2.30. The lowest BCUT2D eigenvalue weighted by atomic mass is 10.0. The molecule has 0 atom stereocenters. The summed E-state index contributed by atoms with van der Waals surface area (Å²) in [6, 6.07) is 3.72. The summed E-state index contributed by atoms with van der Waals surface area (Å²) in [5.41, 5.74) is -0.999. The minimum Gasteiger partial charge on any atom is -0.496 e. The highest BCUT2D eigenvalue weighted by Gasteiger charge is 2.28. The van der Waals surface area contributed by atoms with Crippen LogP contribution in [-0.4, -0.2) is 25.5 Å². The fraction of sp³-hybridized carbons (Fsp3) is 0.333. The number of hydrogen-bond acceptors (Lipinski definition) is 4. The molecule has 0 saturated carbocycles. The second kappa shape index (κ2) is 6.09. The van der Waals surface area contributed by atoms with E-state index in [1.165, 1.54) is 26.2 Å². The number of halogens is 2. The van der Waals surface area contributed by atoms with E-state index in [1.54, 1.807) is 0 Å². The molecule has 0 fully saturated rings. The quantitative estimate of drug-likeness (QED) is 0.462. The molecule has 0 unspecified atom stereocenters. The molecular formula is C12H12F2O4. The number of carbonyl (C=O) groups is 2. The van der Waals surface area contributed by atoms with Gasteiger partial charge in [0, 0.05) is 5.56 Å². The average Bonchev–Trinajstić information content (AvgIpc) is 2.37. The molecule has 0 bridgehead atoms. The summed E-state index contributed by atoms with van der Waals surface area (Å²) >= 11 is 0. The molecule has 1 aromatic rings. The van der Waals surface area contributed by atoms with E-state index in [4.69, 9.17) is 4.74 Å². The summed E-state index contributed by atoms with van der Waals surface area (Å²) in [4.78, 5) is 23.1. The van der Waals surface area contributed by atoms with E-state index in [0.717, 1.165) is 6.07 Å². The predicted octanol–water partition coefficient (Wildman–Crippen LogP) is 2.38. The Balaban J connectivity index is 3.27. The molecule has 0 aliphatic carbocycles. The fourth-order valence-corrected chi connectivity index (χ4v) is 1.44. The van der Waals surface area contributed by atoms with Gasteiger partial charge >= 0.3 is 5.97 Å². The smallest absolute Gasteiger partial charge is 0.379 e. The van der Waals surface area contributed by atoms with Crippen LogP contribution in [0.4, 0.5) is 8.78 Å². The Morgan fingerprint density at radius 1 is 1.33 bits per heavy atom. The van der Waals surface area contributed by atoms with Crippen LogP contribution in [0.1, 0.15) is 29.3 Å². The molecule has 0 radical (unpaired) electrons. The first-order valence-corrected chi connectivity index (χ1v) is 5.19. The van der Waals surface area contributed by atoms with Gasteiger partial charge in [-0.2, -0.15) is 0 Å². The van der Waals surface area contributed by atoms with Crippen LogP contribution in [0.3, 0.4) is 0 Å². The van der Waals surface area contributed by atoms with Gasteiger partial charge in [-0.05, 0) is 13.0 Å². The molecule has 0 heterocycles. The average molecular weight is 258 g/mol. The van der Waals surface area contributed by atoms with Crippen LogP contribution in [0.5, 0.6) is 5.75 Å². The lowest BCUT2D eigenvalue weighted by Crippen LogP contribution is -2.20. The molecule has 0 aliphatic heterocycles. The number of rotatable bonds is 5. The zero-order chi connectivity index (χ0) is 13.7. The van der Waals surface area contributed by atoms with Gasteiger partial charge in [-0.1, -0.05) is 12.1 Å². The van der Waals surface area contributed by atoms with Gasteiger partial charge in [0.1, 0.15) is 5.75 Å². The number of esters is 1. The molecular weight excluding hydrogens is 246 g/mol. The Morgan fingerprint density at radius 3 is 2.50 bits per heavy atom. The molecule has 1 aromatic carbocycles. The Kier molecular flexibility index (Phi) is 4.76. The topological polar surface area (TPSA) is 52.6 Å². The van der Waals surface area contributed by atoms with Crippen molar-refractivity contribution in [3.05, 3.63) is 29.3 Å². The van der Waals surface area contributed by atoms with Crippen molar-refractivity contribution in [1.82, 2.24) is 0 Å². The molecule has 1 rings (SSSR count). The zero-order valence-electron chi connectivity index (χ0n) is 9.91. The van der Waals surface area contributed by atoms with Crippen LogP contribution in [0.2, 0.25) is 0 Å². The van der Waals surface area contributed by atoms with Crippen LogP contribution in [0, 0.1) is 0 Å². The monoisotopic (exact) mass is 258 g/mol. The highest BCUT2D eigenvalue weighted by molar-refractivity contribution is 6.41. The largest absolute Gasteiger partial charge is 0.496 e. The second-order valence-corrected chi connectivity index (χ2v) is 3.27. The number of ketones is 1. The van der Waals surface area contributed by atoms with Crippen molar-refractivity contribution < 1.29 is 27.8 Å². The van der Waals surface area contributed by atoms with E-state index in [1.807, 2.05) is 0 Å². The van der Waals surface area contributed by atoms with E-state index < -0.39 is 29.3 Å². The zero-order valence-corrected chi connectivity index (χ0v) is 9.91. The number of methoxy groups -OCH3 is 1. The van der Waals surface area contributed by atoms with Crippen LogP contribution >= 0.6 is 0 Å². The van der Waals surface area contributed by atoms with Crippen molar-refractivity contribution in [3.63, 3.8) is 0 Å². The summed E-state index contributed by atoms with van der Waals surface area (Å²) in [6.07, 6.45) is -2.88. The standard InChI is InChI=1S/C12H12F2O4/c1-3-18-12(16)10(15)9-7(11(13)14)5-4-6-8(9)17-2/h4-6,11H,3H2,1-2H3. The van der Waals surface area contributed by atoms with E-state index in [-0.39, 0.29) is 12.4 Å². The molecule has 0 aromatic heterocycles. The molecule has 4 nitrogen and oxygen atoms in total. The van der Waals surface area contributed by atoms with Gasteiger partial charge in [0.2, 0.25) is 0 Å². The Bertz CT molecular complexity index is 457. The maximum absolute atomic E-state index is 12.8. The van der Waals surface area contributed by atoms with Gasteiger partial charge in [-0.25, -0.2) is 13.6 Å². The van der Waals surface area contributed by atoms with Crippen molar-refractivity contribution in [2.75, 3.05) is 13.7 Å². The van der Waals surface area contributed by atoms with Crippen molar-refractivity contribution in [1.29, 1.82) is 0 Å². The Morgan fingerprint density at radius 2 is 2.00 bits per heavy atom. The first-order valence-electron chi connectivity index (χ1n) is 5.19. The van der Waals surface area contributed by atoms with Crippen LogP contribution in [0.15, 0.2) is 18.2 Å². The van der Waals surface area contributed by atoms with Gasteiger partial charge in [0.15, 0.2) is 0 Å². The van der Waals surface area contributed by atoms with E-state index in [2.05, 4.69) is 4.74 Å². The second-order valence-electron chi connectivity index (χ2n) is 3.27. The maximum atomic E-state index is 12.8. The van der Waals surface area contributed by atoms with Crippen molar-refractivity contribution in [2.45, 2.75) is 13.3 Å². The molecule has 0 spiro atoms. The predicted molar refractivity (Wildman–Crippen MR) is 58.9 cm³/mol. The lowest BCUT2D eigenvalue weighted by molar-refractivity contribution is -0.137. The molecule has 0 saturated heterocycles. The first kappa shape index (κ1) is 14.1.